The molecular formula is C12H10ClN3O3S. The zero-order chi connectivity index (χ0) is 14.5. The molecule has 1 amide bonds. The van der Waals surface area contributed by atoms with E-state index >= 15 is 0 Å². The van der Waals surface area contributed by atoms with E-state index in [-0.39, 0.29) is 12.1 Å². The second-order valence-corrected chi connectivity index (χ2v) is 4.90. The van der Waals surface area contributed by atoms with Gasteiger partial charge in [-0.15, -0.1) is 0 Å². The van der Waals surface area contributed by atoms with Gasteiger partial charge in [0.05, 0.1) is 30.4 Å². The minimum Gasteiger partial charge on any atom is -0.481 e. The van der Waals surface area contributed by atoms with Crippen molar-refractivity contribution >= 4 is 35.2 Å². The number of carbonyl (C=O) groups is 2. The fourth-order valence-corrected chi connectivity index (χ4v) is 2.35. The number of hydrogen-bond donors (Lipinski definition) is 2. The Morgan fingerprint density at radius 2 is 2.15 bits per heavy atom. The van der Waals surface area contributed by atoms with Crippen LogP contribution in [-0.2, 0) is 4.79 Å². The number of carbonyl (C=O) groups excluding carboxylic acids is 1. The molecule has 0 aliphatic carbocycles. The van der Waals surface area contributed by atoms with Gasteiger partial charge in [-0.25, -0.2) is 0 Å². The van der Waals surface area contributed by atoms with E-state index in [1.165, 1.54) is 6.20 Å². The minimum absolute atomic E-state index is 0.150. The summed E-state index contributed by atoms with van der Waals surface area (Å²) in [7, 11) is 0. The van der Waals surface area contributed by atoms with Crippen LogP contribution in [-0.4, -0.2) is 25.7 Å². The highest BCUT2D eigenvalue weighted by molar-refractivity contribution is 6.99. The Hall–Kier alpha value is -1.99. The van der Waals surface area contributed by atoms with Crippen molar-refractivity contribution < 1.29 is 14.7 Å². The maximum absolute atomic E-state index is 11.9. The maximum atomic E-state index is 11.9. The second-order valence-electron chi connectivity index (χ2n) is 3.94. The molecule has 2 rings (SSSR count). The first-order chi connectivity index (χ1) is 9.58. The zero-order valence-electron chi connectivity index (χ0n) is 10.1. The summed E-state index contributed by atoms with van der Waals surface area (Å²) < 4.78 is 7.53. The van der Waals surface area contributed by atoms with Gasteiger partial charge in [-0.2, -0.15) is 8.75 Å². The van der Waals surface area contributed by atoms with Crippen LogP contribution >= 0.6 is 23.3 Å². The molecule has 6 nitrogen and oxygen atoms in total. The summed E-state index contributed by atoms with van der Waals surface area (Å²) in [5.41, 5.74) is 0.700. The number of aromatic nitrogens is 2. The number of aliphatic carboxylic acids is 1. The summed E-state index contributed by atoms with van der Waals surface area (Å²) in [6, 6.07) is 6.05. The second kappa shape index (κ2) is 6.44. The first kappa shape index (κ1) is 14.4. The van der Waals surface area contributed by atoms with Crippen molar-refractivity contribution in [3.63, 3.8) is 0 Å². The molecule has 1 aromatic carbocycles. The average Bonchev–Trinajstić information content (AvgIpc) is 2.92. The quantitative estimate of drug-likeness (QED) is 0.882. The Morgan fingerprint density at radius 3 is 2.75 bits per heavy atom. The van der Waals surface area contributed by atoms with Gasteiger partial charge in [0.25, 0.3) is 5.91 Å². The number of carboxylic acids is 1. The van der Waals surface area contributed by atoms with Crippen molar-refractivity contribution in [3.05, 3.63) is 46.7 Å². The molecule has 20 heavy (non-hydrogen) atoms. The molecule has 0 aliphatic rings. The summed E-state index contributed by atoms with van der Waals surface area (Å²) in [5.74, 6) is -1.52. The lowest BCUT2D eigenvalue weighted by atomic mass is 10.0. The van der Waals surface area contributed by atoms with Crippen molar-refractivity contribution in [3.8, 4) is 0 Å². The summed E-state index contributed by atoms with van der Waals surface area (Å²) in [4.78, 5) is 22.9. The number of hydrogen-bond acceptors (Lipinski definition) is 5. The lowest BCUT2D eigenvalue weighted by Crippen LogP contribution is -2.30. The highest BCUT2D eigenvalue weighted by atomic mass is 35.5. The van der Waals surface area contributed by atoms with Gasteiger partial charge in [0, 0.05) is 5.02 Å². The van der Waals surface area contributed by atoms with E-state index in [4.69, 9.17) is 16.7 Å². The lowest BCUT2D eigenvalue weighted by molar-refractivity contribution is -0.137. The standard InChI is InChI=1S/C12H10ClN3O3S/c13-8-4-2-1-3-7(8)9(5-11(17)18)15-12(19)10-6-14-20-16-10/h1-4,6,9H,5H2,(H,15,19)(H,17,18)/t9-/m1/s1. The summed E-state index contributed by atoms with van der Waals surface area (Å²) in [6.07, 6.45) is 1.05. The van der Waals surface area contributed by atoms with Gasteiger partial charge in [-0.1, -0.05) is 29.8 Å². The molecule has 2 N–H and O–H groups in total. The summed E-state index contributed by atoms with van der Waals surface area (Å²) >= 11 is 6.95. The normalized spacial score (nSPS) is 11.8. The van der Waals surface area contributed by atoms with Crippen LogP contribution in [0.3, 0.4) is 0 Å². The van der Waals surface area contributed by atoms with Gasteiger partial charge in [0.15, 0.2) is 5.69 Å². The van der Waals surface area contributed by atoms with E-state index in [9.17, 15) is 9.59 Å². The van der Waals surface area contributed by atoms with E-state index < -0.39 is 17.9 Å². The third-order valence-electron chi connectivity index (χ3n) is 2.56. The van der Waals surface area contributed by atoms with Crippen LogP contribution in [0.5, 0.6) is 0 Å². The molecule has 0 spiro atoms. The maximum Gasteiger partial charge on any atom is 0.305 e. The molecule has 1 heterocycles. The zero-order valence-corrected chi connectivity index (χ0v) is 11.7. The Kier molecular flexibility index (Phi) is 4.65. The third-order valence-corrected chi connectivity index (χ3v) is 3.38. The smallest absolute Gasteiger partial charge is 0.305 e. The van der Waals surface area contributed by atoms with Crippen LogP contribution < -0.4 is 5.32 Å². The van der Waals surface area contributed by atoms with E-state index in [0.717, 1.165) is 11.7 Å². The van der Waals surface area contributed by atoms with Crippen LogP contribution in [0, 0.1) is 0 Å². The number of amides is 1. The SMILES string of the molecule is O=C(O)C[C@@H](NC(=O)c1cnsn1)c1ccccc1Cl. The van der Waals surface area contributed by atoms with E-state index in [2.05, 4.69) is 14.1 Å². The van der Waals surface area contributed by atoms with Crippen molar-refractivity contribution in [1.29, 1.82) is 0 Å². The topological polar surface area (TPSA) is 92.2 Å². The molecule has 8 heteroatoms. The number of nitrogens with one attached hydrogen (secondary N) is 1. The van der Waals surface area contributed by atoms with E-state index in [1.54, 1.807) is 24.3 Å². The largest absolute Gasteiger partial charge is 0.481 e. The Morgan fingerprint density at radius 1 is 1.40 bits per heavy atom. The highest BCUT2D eigenvalue weighted by Crippen LogP contribution is 2.25. The molecule has 2 aromatic rings. The number of carboxylic acid groups (broad SMARTS) is 1. The number of rotatable bonds is 5. The van der Waals surface area contributed by atoms with Gasteiger partial charge < -0.3 is 10.4 Å². The van der Waals surface area contributed by atoms with Gasteiger partial charge >= 0.3 is 5.97 Å². The Balaban J connectivity index is 2.22. The van der Waals surface area contributed by atoms with Gasteiger partial charge in [0.1, 0.15) is 0 Å². The van der Waals surface area contributed by atoms with Crippen molar-refractivity contribution in [2.45, 2.75) is 12.5 Å². The predicted octanol–water partition coefficient (Wildman–Crippen LogP) is 2.14. The molecule has 0 fully saturated rings. The van der Waals surface area contributed by atoms with Crippen molar-refractivity contribution in [1.82, 2.24) is 14.1 Å². The molecule has 0 radical (unpaired) electrons. The van der Waals surface area contributed by atoms with Crippen molar-refractivity contribution in [2.75, 3.05) is 0 Å². The minimum atomic E-state index is -1.04. The van der Waals surface area contributed by atoms with E-state index in [0.29, 0.717) is 10.6 Å². The Labute approximate surface area is 123 Å². The average molecular weight is 312 g/mol. The molecule has 1 aromatic heterocycles. The van der Waals surface area contributed by atoms with Crippen LogP contribution in [0.2, 0.25) is 5.02 Å². The highest BCUT2D eigenvalue weighted by Gasteiger charge is 2.21. The first-order valence-corrected chi connectivity index (χ1v) is 6.73. The van der Waals surface area contributed by atoms with Crippen LogP contribution in [0.1, 0.15) is 28.5 Å². The molecule has 104 valence electrons. The monoisotopic (exact) mass is 311 g/mol. The molecule has 1 atom stereocenters. The molecule has 0 aliphatic heterocycles. The van der Waals surface area contributed by atoms with Crippen LogP contribution in [0.4, 0.5) is 0 Å². The first-order valence-electron chi connectivity index (χ1n) is 5.62. The number of benzene rings is 1. The number of nitrogens with zero attached hydrogens (tertiary/aromatic N) is 2. The summed E-state index contributed by atoms with van der Waals surface area (Å²) in [6.45, 7) is 0. The van der Waals surface area contributed by atoms with Crippen molar-refractivity contribution in [2.24, 2.45) is 0 Å². The molecule has 0 unspecified atom stereocenters. The Bertz CT molecular complexity index is 618. The van der Waals surface area contributed by atoms with Crippen LogP contribution in [0.15, 0.2) is 30.5 Å². The fourth-order valence-electron chi connectivity index (χ4n) is 1.67. The lowest BCUT2D eigenvalue weighted by Gasteiger charge is -2.17. The molecule has 0 bridgehead atoms. The molecular weight excluding hydrogens is 302 g/mol. The number of halogens is 1. The fraction of sp³-hybridized carbons (Fsp3) is 0.167. The molecule has 0 saturated heterocycles. The third kappa shape index (κ3) is 3.52. The van der Waals surface area contributed by atoms with Crippen LogP contribution in [0.25, 0.3) is 0 Å². The van der Waals surface area contributed by atoms with E-state index in [1.807, 2.05) is 0 Å². The van der Waals surface area contributed by atoms with Gasteiger partial charge in [-0.05, 0) is 11.6 Å². The predicted molar refractivity (Wildman–Crippen MR) is 73.8 cm³/mol. The van der Waals surface area contributed by atoms with Gasteiger partial charge in [-0.3, -0.25) is 9.59 Å². The summed E-state index contributed by atoms with van der Waals surface area (Å²) in [5, 5.41) is 12.0. The molecule has 0 saturated carbocycles. The van der Waals surface area contributed by atoms with Gasteiger partial charge in [0.2, 0.25) is 0 Å².